The number of hydrogen-bond donors (Lipinski definition) is 1. The lowest BCUT2D eigenvalue weighted by molar-refractivity contribution is 0.380. The minimum Gasteiger partial charge on any atom is -0.313 e. The first-order valence-electron chi connectivity index (χ1n) is 6.92. The fourth-order valence-corrected chi connectivity index (χ4v) is 4.09. The third kappa shape index (κ3) is 4.33. The van der Waals surface area contributed by atoms with E-state index in [2.05, 4.69) is 5.32 Å². The summed E-state index contributed by atoms with van der Waals surface area (Å²) in [6.07, 6.45) is 0.727. The lowest BCUT2D eigenvalue weighted by atomic mass is 10.2. The van der Waals surface area contributed by atoms with Crippen molar-refractivity contribution < 1.29 is 8.42 Å². The van der Waals surface area contributed by atoms with Crippen LogP contribution in [0, 0.1) is 0 Å². The molecule has 1 N–H and O–H groups in total. The standard InChI is InChI=1S/C14H22Cl2N2O2S/c1-5-10(3)18(4)21(19,20)14-7-11(9-17-6-2)12(15)8-13(14)16/h7-8,10,17H,5-6,9H2,1-4H3. The van der Waals surface area contributed by atoms with Crippen LogP contribution in [0.25, 0.3) is 0 Å². The molecule has 0 fully saturated rings. The average Bonchev–Trinajstić information content (AvgIpc) is 2.44. The smallest absolute Gasteiger partial charge is 0.244 e. The molecule has 1 aromatic carbocycles. The summed E-state index contributed by atoms with van der Waals surface area (Å²) in [4.78, 5) is 0.101. The van der Waals surface area contributed by atoms with E-state index in [0.29, 0.717) is 11.6 Å². The molecule has 0 saturated heterocycles. The lowest BCUT2D eigenvalue weighted by Gasteiger charge is -2.24. The van der Waals surface area contributed by atoms with Gasteiger partial charge in [0, 0.05) is 24.7 Å². The topological polar surface area (TPSA) is 49.4 Å². The SMILES string of the molecule is CCNCc1cc(S(=O)(=O)N(C)C(C)CC)c(Cl)cc1Cl. The minimum absolute atomic E-state index is 0.0982. The highest BCUT2D eigenvalue weighted by molar-refractivity contribution is 7.89. The zero-order valence-electron chi connectivity index (χ0n) is 12.8. The number of benzene rings is 1. The number of nitrogens with zero attached hydrogens (tertiary/aromatic N) is 1. The van der Waals surface area contributed by atoms with E-state index in [1.54, 1.807) is 13.1 Å². The maximum absolute atomic E-state index is 12.7. The van der Waals surface area contributed by atoms with Crippen LogP contribution >= 0.6 is 23.2 Å². The van der Waals surface area contributed by atoms with Crippen molar-refractivity contribution in [2.24, 2.45) is 0 Å². The van der Waals surface area contributed by atoms with Gasteiger partial charge in [-0.3, -0.25) is 0 Å². The molecule has 0 bridgehead atoms. The molecule has 120 valence electrons. The molecule has 0 aliphatic rings. The van der Waals surface area contributed by atoms with Crippen molar-refractivity contribution in [3.8, 4) is 0 Å². The van der Waals surface area contributed by atoms with Crippen molar-refractivity contribution in [3.63, 3.8) is 0 Å². The Morgan fingerprint density at radius 1 is 1.24 bits per heavy atom. The summed E-state index contributed by atoms with van der Waals surface area (Å²) in [6.45, 7) is 7.05. The normalized spacial score (nSPS) is 13.7. The molecule has 0 amide bonds. The first-order valence-corrected chi connectivity index (χ1v) is 9.11. The van der Waals surface area contributed by atoms with Gasteiger partial charge in [0.1, 0.15) is 4.90 Å². The molecule has 1 rings (SSSR count). The summed E-state index contributed by atoms with van der Waals surface area (Å²) in [7, 11) is -2.06. The molecule has 0 aliphatic carbocycles. The van der Waals surface area contributed by atoms with E-state index in [1.807, 2.05) is 20.8 Å². The Balaban J connectivity index is 3.28. The van der Waals surface area contributed by atoms with E-state index in [-0.39, 0.29) is 16.0 Å². The highest BCUT2D eigenvalue weighted by Crippen LogP contribution is 2.31. The van der Waals surface area contributed by atoms with Gasteiger partial charge in [-0.2, -0.15) is 4.31 Å². The molecular weight excluding hydrogens is 331 g/mol. The van der Waals surface area contributed by atoms with Gasteiger partial charge in [-0.05, 0) is 37.6 Å². The van der Waals surface area contributed by atoms with Crippen molar-refractivity contribution in [1.29, 1.82) is 0 Å². The van der Waals surface area contributed by atoms with Crippen LogP contribution in [0.3, 0.4) is 0 Å². The third-order valence-corrected chi connectivity index (χ3v) is 6.32. The second kappa shape index (κ2) is 7.79. The zero-order valence-corrected chi connectivity index (χ0v) is 15.1. The van der Waals surface area contributed by atoms with Crippen molar-refractivity contribution in [3.05, 3.63) is 27.7 Å². The van der Waals surface area contributed by atoms with Crippen LogP contribution in [0.1, 0.15) is 32.8 Å². The van der Waals surface area contributed by atoms with E-state index in [0.717, 1.165) is 18.5 Å². The van der Waals surface area contributed by atoms with E-state index in [9.17, 15) is 8.42 Å². The van der Waals surface area contributed by atoms with Crippen LogP contribution in [0.5, 0.6) is 0 Å². The number of halogens is 2. The Morgan fingerprint density at radius 2 is 1.86 bits per heavy atom. The van der Waals surface area contributed by atoms with Crippen LogP contribution in [0.2, 0.25) is 10.0 Å². The Kier molecular flexibility index (Phi) is 6.94. The van der Waals surface area contributed by atoms with Crippen LogP contribution in [-0.2, 0) is 16.6 Å². The van der Waals surface area contributed by atoms with Crippen LogP contribution in [0.4, 0.5) is 0 Å². The van der Waals surface area contributed by atoms with Gasteiger partial charge < -0.3 is 5.32 Å². The molecule has 21 heavy (non-hydrogen) atoms. The maximum atomic E-state index is 12.7. The summed E-state index contributed by atoms with van der Waals surface area (Å²) in [5, 5.41) is 3.74. The average molecular weight is 353 g/mol. The summed E-state index contributed by atoms with van der Waals surface area (Å²) in [5.41, 5.74) is 0.721. The van der Waals surface area contributed by atoms with E-state index in [4.69, 9.17) is 23.2 Å². The summed E-state index contributed by atoms with van der Waals surface area (Å²) in [6, 6.07) is 2.95. The predicted molar refractivity (Wildman–Crippen MR) is 88.5 cm³/mol. The highest BCUT2D eigenvalue weighted by Gasteiger charge is 2.27. The Labute approximate surface area is 137 Å². The van der Waals surface area contributed by atoms with Gasteiger partial charge in [-0.1, -0.05) is 37.0 Å². The van der Waals surface area contributed by atoms with E-state index >= 15 is 0 Å². The van der Waals surface area contributed by atoms with Crippen molar-refractivity contribution in [2.75, 3.05) is 13.6 Å². The molecule has 4 nitrogen and oxygen atoms in total. The fourth-order valence-electron chi connectivity index (χ4n) is 1.81. The van der Waals surface area contributed by atoms with Gasteiger partial charge >= 0.3 is 0 Å². The number of sulfonamides is 1. The zero-order chi connectivity index (χ0) is 16.2. The molecule has 1 unspecified atom stereocenters. The van der Waals surface area contributed by atoms with E-state index < -0.39 is 10.0 Å². The molecular formula is C14H22Cl2N2O2S. The fraction of sp³-hybridized carbons (Fsp3) is 0.571. The first kappa shape index (κ1) is 18.7. The van der Waals surface area contributed by atoms with Gasteiger partial charge in [0.15, 0.2) is 0 Å². The van der Waals surface area contributed by atoms with Crippen molar-refractivity contribution in [1.82, 2.24) is 9.62 Å². The van der Waals surface area contributed by atoms with Crippen molar-refractivity contribution >= 4 is 33.2 Å². The number of nitrogens with one attached hydrogen (secondary N) is 1. The minimum atomic E-state index is -3.63. The monoisotopic (exact) mass is 352 g/mol. The molecule has 0 radical (unpaired) electrons. The third-order valence-electron chi connectivity index (χ3n) is 3.53. The molecule has 1 aromatic rings. The van der Waals surface area contributed by atoms with Crippen LogP contribution in [-0.4, -0.2) is 32.4 Å². The van der Waals surface area contributed by atoms with Gasteiger partial charge in [-0.15, -0.1) is 0 Å². The second-order valence-corrected chi connectivity index (χ2v) is 7.71. The molecule has 0 aromatic heterocycles. The second-order valence-electron chi connectivity index (χ2n) is 4.93. The highest BCUT2D eigenvalue weighted by atomic mass is 35.5. The van der Waals surface area contributed by atoms with Crippen LogP contribution in [0.15, 0.2) is 17.0 Å². The number of rotatable bonds is 7. The Bertz CT molecular complexity index is 591. The van der Waals surface area contributed by atoms with Crippen LogP contribution < -0.4 is 5.32 Å². The molecule has 1 atom stereocenters. The van der Waals surface area contributed by atoms with Gasteiger partial charge in [0.05, 0.1) is 5.02 Å². The Morgan fingerprint density at radius 3 is 2.38 bits per heavy atom. The van der Waals surface area contributed by atoms with E-state index in [1.165, 1.54) is 10.4 Å². The predicted octanol–water partition coefficient (Wildman–Crippen LogP) is 3.52. The number of hydrogen-bond acceptors (Lipinski definition) is 3. The first-order chi connectivity index (χ1) is 9.75. The molecule has 0 heterocycles. The molecule has 7 heteroatoms. The van der Waals surface area contributed by atoms with Gasteiger partial charge in [-0.25, -0.2) is 8.42 Å². The van der Waals surface area contributed by atoms with Gasteiger partial charge in [0.25, 0.3) is 0 Å². The quantitative estimate of drug-likeness (QED) is 0.816. The molecule has 0 spiro atoms. The lowest BCUT2D eigenvalue weighted by Crippen LogP contribution is -2.34. The molecule has 0 saturated carbocycles. The largest absolute Gasteiger partial charge is 0.313 e. The summed E-state index contributed by atoms with van der Waals surface area (Å²) in [5.74, 6) is 0. The summed E-state index contributed by atoms with van der Waals surface area (Å²) < 4.78 is 26.7. The summed E-state index contributed by atoms with van der Waals surface area (Å²) >= 11 is 12.2. The van der Waals surface area contributed by atoms with Crippen molar-refractivity contribution in [2.45, 2.75) is 44.7 Å². The maximum Gasteiger partial charge on any atom is 0.244 e. The molecule has 0 aliphatic heterocycles. The Hall–Kier alpha value is -0.330. The van der Waals surface area contributed by atoms with Gasteiger partial charge in [0.2, 0.25) is 10.0 Å².